The van der Waals surface area contributed by atoms with Gasteiger partial charge in [-0.15, -0.1) is 0 Å². The third kappa shape index (κ3) is 3.73. The van der Waals surface area contributed by atoms with E-state index in [2.05, 4.69) is 10.3 Å². The van der Waals surface area contributed by atoms with Crippen LogP contribution in [0.1, 0.15) is 37.7 Å². The van der Waals surface area contributed by atoms with Gasteiger partial charge in [0, 0.05) is 19.6 Å². The number of hydrogen-bond acceptors (Lipinski definition) is 3. The zero-order valence-electron chi connectivity index (χ0n) is 14.0. The Hall–Kier alpha value is -2.01. The molecule has 0 saturated heterocycles. The average molecular weight is 328 g/mol. The molecule has 3 atom stereocenters. The number of ketones is 1. The third-order valence-corrected chi connectivity index (χ3v) is 5.03. The number of carbonyl (C=O) groups excluding carboxylic acids is 2. The first-order valence-electron chi connectivity index (χ1n) is 8.66. The van der Waals surface area contributed by atoms with Gasteiger partial charge in [0.1, 0.15) is 6.04 Å². The minimum atomic E-state index is -0.605. The minimum Gasteiger partial charge on any atom is -0.385 e. The van der Waals surface area contributed by atoms with Crippen LogP contribution in [-0.4, -0.2) is 37.3 Å². The molecule has 5 nitrogen and oxygen atoms in total. The Kier molecular flexibility index (Phi) is 5.41. The molecule has 0 bridgehead atoms. The van der Waals surface area contributed by atoms with Crippen LogP contribution in [0, 0.1) is 11.8 Å². The lowest BCUT2D eigenvalue weighted by Gasteiger charge is -2.29. The molecule has 1 N–H and O–H groups in total. The number of benzene rings is 1. The molecule has 1 aliphatic heterocycles. The van der Waals surface area contributed by atoms with Crippen molar-refractivity contribution in [2.45, 2.75) is 38.1 Å². The Morgan fingerprint density at radius 2 is 2.08 bits per heavy atom. The summed E-state index contributed by atoms with van der Waals surface area (Å²) >= 11 is 0. The highest BCUT2D eigenvalue weighted by molar-refractivity contribution is 6.24. The number of hydrogen-bond donors (Lipinski definition) is 1. The Balaban J connectivity index is 1.72. The van der Waals surface area contributed by atoms with E-state index in [9.17, 15) is 9.59 Å². The van der Waals surface area contributed by atoms with E-state index >= 15 is 0 Å². The summed E-state index contributed by atoms with van der Waals surface area (Å²) < 4.78 is 5.17. The molecule has 1 saturated carbocycles. The highest BCUT2D eigenvalue weighted by Gasteiger charge is 2.38. The van der Waals surface area contributed by atoms with Crippen LogP contribution in [0.4, 0.5) is 4.79 Å². The summed E-state index contributed by atoms with van der Waals surface area (Å²) in [5, 5.41) is 2.74. The highest BCUT2D eigenvalue weighted by Crippen LogP contribution is 2.33. The predicted octanol–water partition coefficient (Wildman–Crippen LogP) is 2.98. The first kappa shape index (κ1) is 16.8. The lowest BCUT2D eigenvalue weighted by molar-refractivity contribution is -0.124. The van der Waals surface area contributed by atoms with Gasteiger partial charge in [-0.1, -0.05) is 43.2 Å². The summed E-state index contributed by atoms with van der Waals surface area (Å²) in [5.74, 6) is 0.630. The quantitative estimate of drug-likeness (QED) is 0.873. The van der Waals surface area contributed by atoms with Crippen LogP contribution in [0.25, 0.3) is 0 Å². The predicted molar refractivity (Wildman–Crippen MR) is 92.2 cm³/mol. The van der Waals surface area contributed by atoms with E-state index in [-0.39, 0.29) is 11.7 Å². The number of aliphatic imine (C=N–C) groups is 1. The van der Waals surface area contributed by atoms with Crippen molar-refractivity contribution in [2.24, 2.45) is 16.8 Å². The van der Waals surface area contributed by atoms with Crippen LogP contribution in [0.2, 0.25) is 0 Å². The molecule has 128 valence electrons. The summed E-state index contributed by atoms with van der Waals surface area (Å²) in [6.45, 7) is 0.739. The summed E-state index contributed by atoms with van der Waals surface area (Å²) in [4.78, 5) is 28.8. The number of methoxy groups -OCH3 is 1. The molecule has 3 unspecified atom stereocenters. The molecule has 2 amide bonds. The average Bonchev–Trinajstić information content (AvgIpc) is 3.02. The Bertz CT molecular complexity index is 627. The summed E-state index contributed by atoms with van der Waals surface area (Å²) in [6, 6.07) is 8.45. The first-order valence-corrected chi connectivity index (χ1v) is 8.66. The maximum Gasteiger partial charge on any atom is 0.342 e. The van der Waals surface area contributed by atoms with Gasteiger partial charge in [-0.2, -0.15) is 4.99 Å². The van der Waals surface area contributed by atoms with E-state index in [4.69, 9.17) is 4.74 Å². The van der Waals surface area contributed by atoms with E-state index in [1.165, 1.54) is 0 Å². The Morgan fingerprint density at radius 3 is 2.83 bits per heavy atom. The second-order valence-electron chi connectivity index (χ2n) is 6.66. The zero-order valence-corrected chi connectivity index (χ0v) is 14.0. The topological polar surface area (TPSA) is 67.8 Å². The molecule has 1 aromatic rings. The van der Waals surface area contributed by atoms with Crippen molar-refractivity contribution in [1.82, 2.24) is 5.32 Å². The molecule has 1 aliphatic carbocycles. The van der Waals surface area contributed by atoms with Gasteiger partial charge in [-0.3, -0.25) is 4.79 Å². The van der Waals surface area contributed by atoms with E-state index in [0.717, 1.165) is 44.3 Å². The zero-order chi connectivity index (χ0) is 16.9. The van der Waals surface area contributed by atoms with Gasteiger partial charge in [0.25, 0.3) is 0 Å². The molecule has 0 aromatic heterocycles. The van der Waals surface area contributed by atoms with Crippen molar-refractivity contribution in [3.8, 4) is 0 Å². The van der Waals surface area contributed by atoms with Gasteiger partial charge >= 0.3 is 6.03 Å². The fourth-order valence-corrected chi connectivity index (χ4v) is 3.78. The molecule has 1 fully saturated rings. The fourth-order valence-electron chi connectivity index (χ4n) is 3.78. The molecular formula is C19H24N2O3. The smallest absolute Gasteiger partial charge is 0.342 e. The van der Waals surface area contributed by atoms with Crippen molar-refractivity contribution in [3.05, 3.63) is 35.9 Å². The lowest BCUT2D eigenvalue weighted by Crippen LogP contribution is -2.44. The third-order valence-electron chi connectivity index (χ3n) is 5.03. The van der Waals surface area contributed by atoms with Crippen molar-refractivity contribution in [1.29, 1.82) is 0 Å². The summed E-state index contributed by atoms with van der Waals surface area (Å²) in [7, 11) is 1.71. The van der Waals surface area contributed by atoms with Gasteiger partial charge < -0.3 is 10.1 Å². The molecule has 1 aromatic carbocycles. The molecule has 1 heterocycles. The number of carbonyl (C=O) groups is 2. The number of Topliss-reactive ketones (excluding diaryl/α,β-unsaturated/α-hetero) is 1. The van der Waals surface area contributed by atoms with Crippen LogP contribution in [0.5, 0.6) is 0 Å². The van der Waals surface area contributed by atoms with Crippen LogP contribution < -0.4 is 5.32 Å². The molecule has 3 rings (SSSR count). The fraction of sp³-hybridized carbons (Fsp3) is 0.526. The van der Waals surface area contributed by atoms with E-state index < -0.39 is 12.1 Å². The van der Waals surface area contributed by atoms with Crippen LogP contribution in [0.3, 0.4) is 0 Å². The number of nitrogens with zero attached hydrogens (tertiary/aromatic N) is 1. The van der Waals surface area contributed by atoms with Crippen molar-refractivity contribution in [3.63, 3.8) is 0 Å². The first-order chi connectivity index (χ1) is 11.7. The van der Waals surface area contributed by atoms with Crippen molar-refractivity contribution >= 4 is 17.5 Å². The van der Waals surface area contributed by atoms with Gasteiger partial charge in [0.05, 0.1) is 5.71 Å². The number of urea groups is 1. The van der Waals surface area contributed by atoms with E-state index in [0.29, 0.717) is 11.6 Å². The van der Waals surface area contributed by atoms with Gasteiger partial charge in [-0.05, 0) is 30.7 Å². The number of nitrogens with one attached hydrogen (secondary N) is 1. The standard InChI is InChI=1S/C19H24N2O3/c1-24-11-10-13-6-5-9-15(12-13)18(22)17-16(20-19(23)21-17)14-7-3-2-4-8-14/h2-4,7-8,13,15,17H,5-6,9-12H2,1H3,(H,21,23). The second-order valence-corrected chi connectivity index (χ2v) is 6.66. The molecular weight excluding hydrogens is 304 g/mol. The van der Waals surface area contributed by atoms with Crippen LogP contribution in [-0.2, 0) is 9.53 Å². The van der Waals surface area contributed by atoms with E-state index in [1.54, 1.807) is 7.11 Å². The molecule has 0 spiro atoms. The van der Waals surface area contributed by atoms with Crippen molar-refractivity contribution in [2.75, 3.05) is 13.7 Å². The number of amides is 2. The molecule has 24 heavy (non-hydrogen) atoms. The van der Waals surface area contributed by atoms with Crippen LogP contribution in [0.15, 0.2) is 35.3 Å². The highest BCUT2D eigenvalue weighted by atomic mass is 16.5. The van der Waals surface area contributed by atoms with Gasteiger partial charge in [0.2, 0.25) is 0 Å². The number of ether oxygens (including phenoxy) is 1. The Labute approximate surface area is 142 Å². The summed E-state index contributed by atoms with van der Waals surface area (Å²) in [6.07, 6.45) is 5.00. The SMILES string of the molecule is COCCC1CCCC(C(=O)C2NC(=O)N=C2c2ccccc2)C1. The largest absolute Gasteiger partial charge is 0.385 e. The minimum absolute atomic E-state index is 0.00193. The monoisotopic (exact) mass is 328 g/mol. The van der Waals surface area contributed by atoms with Gasteiger partial charge in [0.15, 0.2) is 5.78 Å². The molecule has 2 aliphatic rings. The number of rotatable bonds is 6. The Morgan fingerprint density at radius 1 is 1.29 bits per heavy atom. The molecule has 0 radical (unpaired) electrons. The van der Waals surface area contributed by atoms with Crippen LogP contribution >= 0.6 is 0 Å². The molecule has 5 heteroatoms. The van der Waals surface area contributed by atoms with Gasteiger partial charge in [-0.25, -0.2) is 4.79 Å². The maximum absolute atomic E-state index is 13.0. The second kappa shape index (κ2) is 7.71. The maximum atomic E-state index is 13.0. The van der Waals surface area contributed by atoms with E-state index in [1.807, 2.05) is 30.3 Å². The normalized spacial score (nSPS) is 26.8. The lowest BCUT2D eigenvalue weighted by atomic mass is 9.76. The van der Waals surface area contributed by atoms with Crippen molar-refractivity contribution < 1.29 is 14.3 Å². The summed E-state index contributed by atoms with van der Waals surface area (Å²) in [5.41, 5.74) is 1.39.